The van der Waals surface area contributed by atoms with E-state index >= 15 is 0 Å². The second kappa shape index (κ2) is 19.2. The van der Waals surface area contributed by atoms with Crippen molar-refractivity contribution >= 4 is 11.9 Å². The zero-order chi connectivity index (χ0) is 34.6. The first-order valence-corrected chi connectivity index (χ1v) is 19.6. The molecule has 0 bridgehead atoms. The average molecular weight is 675 g/mol. The van der Waals surface area contributed by atoms with Crippen LogP contribution in [0, 0.1) is 46.3 Å². The van der Waals surface area contributed by atoms with Gasteiger partial charge in [-0.05, 0) is 98.3 Å². The number of carbonyl (C=O) groups is 2. The molecule has 0 aliphatic heterocycles. The highest BCUT2D eigenvalue weighted by atomic mass is 16.5. The molecule has 0 spiro atoms. The van der Waals surface area contributed by atoms with E-state index in [1.807, 2.05) is 7.05 Å². The molecule has 2 N–H and O–H groups in total. The van der Waals surface area contributed by atoms with Gasteiger partial charge in [-0.15, -0.1) is 0 Å². The van der Waals surface area contributed by atoms with Crippen LogP contribution in [0.25, 0.3) is 0 Å². The van der Waals surface area contributed by atoms with Gasteiger partial charge in [-0.2, -0.15) is 0 Å². The summed E-state index contributed by atoms with van der Waals surface area (Å²) in [5, 5.41) is 5.86. The van der Waals surface area contributed by atoms with Gasteiger partial charge >= 0.3 is 5.97 Å². The summed E-state index contributed by atoms with van der Waals surface area (Å²) >= 11 is 0. The zero-order valence-corrected chi connectivity index (χ0v) is 31.4. The van der Waals surface area contributed by atoms with Crippen molar-refractivity contribution in [2.45, 2.75) is 124 Å². The number of allylic oxidation sites excluding steroid dienone is 1. The maximum Gasteiger partial charge on any atom is 0.306 e. The van der Waals surface area contributed by atoms with Crippen molar-refractivity contribution in [3.05, 3.63) is 11.6 Å². The summed E-state index contributed by atoms with van der Waals surface area (Å²) in [5.74, 6) is 4.55. The molecule has 0 heterocycles. The van der Waals surface area contributed by atoms with Gasteiger partial charge in [-0.3, -0.25) is 9.59 Å². The molecule has 0 saturated heterocycles. The standard InChI is InChI=1S/C40H70N2O6/c1-29(2)8-7-9-30(3)34-12-13-35-33-11-10-31-28-32(16-18-39(31,4)36(33)17-19-40(34,35)5)48-38(44)15-14-37(43)42-21-23-46-25-27-47-26-24-45-22-20-41-6/h10,29-30,32-36,41H,7-9,11-28H2,1-6H3,(H,42,43)/t30-,32+,33?,34?,35?,36?,39+,40-/m1/s1. The van der Waals surface area contributed by atoms with Crippen LogP contribution in [-0.2, 0) is 28.5 Å². The third kappa shape index (κ3) is 10.5. The number of carbonyl (C=O) groups excluding carboxylic acids is 2. The summed E-state index contributed by atoms with van der Waals surface area (Å²) in [6.45, 7) is 16.9. The molecule has 8 atom stereocenters. The van der Waals surface area contributed by atoms with Crippen LogP contribution < -0.4 is 10.6 Å². The Kier molecular flexibility index (Phi) is 15.7. The highest BCUT2D eigenvalue weighted by molar-refractivity contribution is 5.81. The van der Waals surface area contributed by atoms with E-state index in [0.717, 1.165) is 61.3 Å². The summed E-state index contributed by atoms with van der Waals surface area (Å²) in [6.07, 6.45) is 16.6. The SMILES string of the molecule is CNCCOCCOCCOCCNC(=O)CCC(=O)O[C@H]1CC[C@@]2(C)C(=CCC3C4CCC([C@H](C)CCCC(C)C)[C@@]4(C)CCC32)C1. The van der Waals surface area contributed by atoms with Gasteiger partial charge < -0.3 is 29.6 Å². The number of esters is 1. The molecule has 0 aromatic rings. The van der Waals surface area contributed by atoms with Crippen LogP contribution in [0.15, 0.2) is 11.6 Å². The lowest BCUT2D eigenvalue weighted by Gasteiger charge is -2.58. The highest BCUT2D eigenvalue weighted by Crippen LogP contribution is 2.67. The minimum atomic E-state index is -0.260. The maximum absolute atomic E-state index is 12.7. The highest BCUT2D eigenvalue weighted by Gasteiger charge is 2.59. The molecule has 0 aromatic carbocycles. The number of fused-ring (bicyclic) bond motifs is 5. The number of hydrogen-bond acceptors (Lipinski definition) is 7. The minimum Gasteiger partial charge on any atom is -0.462 e. The van der Waals surface area contributed by atoms with Gasteiger partial charge in [-0.25, -0.2) is 0 Å². The first-order valence-electron chi connectivity index (χ1n) is 19.6. The molecule has 4 aliphatic rings. The van der Waals surface area contributed by atoms with E-state index in [-0.39, 0.29) is 36.2 Å². The quantitative estimate of drug-likeness (QED) is 0.0762. The molecule has 8 nitrogen and oxygen atoms in total. The summed E-state index contributed by atoms with van der Waals surface area (Å²) in [7, 11) is 1.89. The summed E-state index contributed by atoms with van der Waals surface area (Å²) in [6, 6.07) is 0. The Morgan fingerprint density at radius 3 is 2.27 bits per heavy atom. The molecule has 0 radical (unpaired) electrons. The van der Waals surface area contributed by atoms with E-state index in [1.165, 1.54) is 56.9 Å². The third-order valence-corrected chi connectivity index (χ3v) is 12.9. The van der Waals surface area contributed by atoms with Gasteiger partial charge in [0.2, 0.25) is 5.91 Å². The number of hydrogen-bond donors (Lipinski definition) is 2. The van der Waals surface area contributed by atoms with E-state index < -0.39 is 0 Å². The third-order valence-electron chi connectivity index (χ3n) is 12.9. The van der Waals surface area contributed by atoms with Crippen LogP contribution in [0.3, 0.4) is 0 Å². The summed E-state index contributed by atoms with van der Waals surface area (Å²) < 4.78 is 22.3. The summed E-state index contributed by atoms with van der Waals surface area (Å²) in [4.78, 5) is 25.0. The van der Waals surface area contributed by atoms with Gasteiger partial charge in [-0.1, -0.05) is 65.5 Å². The molecule has 3 fully saturated rings. The smallest absolute Gasteiger partial charge is 0.306 e. The maximum atomic E-state index is 12.7. The normalized spacial score (nSPS) is 31.8. The molecule has 0 aromatic heterocycles. The largest absolute Gasteiger partial charge is 0.462 e. The molecule has 3 saturated carbocycles. The van der Waals surface area contributed by atoms with E-state index in [0.29, 0.717) is 51.6 Å². The Morgan fingerprint density at radius 1 is 0.854 bits per heavy atom. The van der Waals surface area contributed by atoms with Crippen molar-refractivity contribution < 1.29 is 28.5 Å². The molecular formula is C40H70N2O6. The van der Waals surface area contributed by atoms with Crippen LogP contribution in [0.1, 0.15) is 118 Å². The molecule has 1 amide bonds. The number of amides is 1. The predicted octanol–water partition coefficient (Wildman–Crippen LogP) is 7.11. The zero-order valence-electron chi connectivity index (χ0n) is 31.4. The van der Waals surface area contributed by atoms with E-state index in [2.05, 4.69) is 51.3 Å². The number of ether oxygens (including phenoxy) is 4. The average Bonchev–Trinajstić information content (AvgIpc) is 3.41. The minimum absolute atomic E-state index is 0.0663. The lowest BCUT2D eigenvalue weighted by molar-refractivity contribution is -0.152. The second-order valence-corrected chi connectivity index (χ2v) is 16.4. The molecule has 8 heteroatoms. The van der Waals surface area contributed by atoms with Crippen molar-refractivity contribution in [1.29, 1.82) is 0 Å². The Labute approximate surface area is 292 Å². The van der Waals surface area contributed by atoms with Crippen LogP contribution in [0.4, 0.5) is 0 Å². The van der Waals surface area contributed by atoms with E-state index in [4.69, 9.17) is 18.9 Å². The Bertz CT molecular complexity index is 1030. The van der Waals surface area contributed by atoms with E-state index in [9.17, 15) is 9.59 Å². The summed E-state index contributed by atoms with van der Waals surface area (Å²) in [5.41, 5.74) is 2.28. The van der Waals surface area contributed by atoms with Crippen molar-refractivity contribution in [2.24, 2.45) is 46.3 Å². The van der Waals surface area contributed by atoms with Gasteiger partial charge in [0.25, 0.3) is 0 Å². The van der Waals surface area contributed by atoms with E-state index in [1.54, 1.807) is 0 Å². The fraction of sp³-hybridized carbons (Fsp3) is 0.900. The second-order valence-electron chi connectivity index (χ2n) is 16.4. The fourth-order valence-electron chi connectivity index (χ4n) is 10.3. The first kappa shape index (κ1) is 39.3. The Morgan fingerprint density at radius 2 is 1.56 bits per heavy atom. The van der Waals surface area contributed by atoms with Crippen molar-refractivity contribution in [3.8, 4) is 0 Å². The number of rotatable bonds is 21. The van der Waals surface area contributed by atoms with Gasteiger partial charge in [0.05, 0.1) is 46.1 Å². The van der Waals surface area contributed by atoms with Gasteiger partial charge in [0, 0.05) is 25.9 Å². The van der Waals surface area contributed by atoms with Crippen LogP contribution in [0.2, 0.25) is 0 Å². The van der Waals surface area contributed by atoms with Crippen molar-refractivity contribution in [3.63, 3.8) is 0 Å². The predicted molar refractivity (Wildman–Crippen MR) is 192 cm³/mol. The van der Waals surface area contributed by atoms with Crippen LogP contribution >= 0.6 is 0 Å². The van der Waals surface area contributed by atoms with Crippen molar-refractivity contribution in [2.75, 3.05) is 59.8 Å². The molecular weight excluding hydrogens is 604 g/mol. The Hall–Kier alpha value is -1.48. The first-order chi connectivity index (χ1) is 23.1. The molecule has 4 aliphatic carbocycles. The molecule has 4 rings (SSSR count). The topological polar surface area (TPSA) is 95.1 Å². The van der Waals surface area contributed by atoms with Crippen LogP contribution in [0.5, 0.6) is 0 Å². The van der Waals surface area contributed by atoms with Crippen molar-refractivity contribution in [1.82, 2.24) is 10.6 Å². The monoisotopic (exact) mass is 675 g/mol. The Balaban J connectivity index is 1.13. The van der Waals surface area contributed by atoms with Gasteiger partial charge in [0.15, 0.2) is 0 Å². The molecule has 48 heavy (non-hydrogen) atoms. The van der Waals surface area contributed by atoms with Crippen LogP contribution in [-0.4, -0.2) is 77.8 Å². The molecule has 276 valence electrons. The number of likely N-dealkylation sites (N-methyl/N-ethyl adjacent to an activating group) is 1. The lowest BCUT2D eigenvalue weighted by atomic mass is 9.47. The molecule has 4 unspecified atom stereocenters. The lowest BCUT2D eigenvalue weighted by Crippen LogP contribution is -2.51. The fourth-order valence-corrected chi connectivity index (χ4v) is 10.3. The number of nitrogens with one attached hydrogen (secondary N) is 2. The van der Waals surface area contributed by atoms with Gasteiger partial charge in [0.1, 0.15) is 6.10 Å².